The zero-order valence-corrected chi connectivity index (χ0v) is 9.27. The van der Waals surface area contributed by atoms with Crippen LogP contribution in [0, 0.1) is 5.82 Å². The van der Waals surface area contributed by atoms with Gasteiger partial charge in [-0.05, 0) is 12.5 Å². The summed E-state index contributed by atoms with van der Waals surface area (Å²) in [6, 6.07) is 0.243. The molecule has 2 heterocycles. The number of nitrogens with zero attached hydrogens (tertiary/aromatic N) is 1. The van der Waals surface area contributed by atoms with Crippen LogP contribution in [0.5, 0.6) is 0 Å². The van der Waals surface area contributed by atoms with E-state index >= 15 is 0 Å². The van der Waals surface area contributed by atoms with Crippen molar-refractivity contribution in [2.45, 2.75) is 18.9 Å². The van der Waals surface area contributed by atoms with Gasteiger partial charge in [-0.15, -0.1) is 0 Å². The monoisotopic (exact) mass is 251 g/mol. The van der Waals surface area contributed by atoms with E-state index in [2.05, 4.69) is 15.6 Å². The predicted octanol–water partition coefficient (Wildman–Crippen LogP) is -0.244. The van der Waals surface area contributed by atoms with E-state index in [1.165, 1.54) is 6.20 Å². The Balaban J connectivity index is 2.03. The topological polar surface area (TPSA) is 88.2 Å². The normalized spacial score (nSPS) is 19.3. The number of rotatable bonds is 2. The molecule has 0 radical (unpaired) electrons. The molecule has 18 heavy (non-hydrogen) atoms. The summed E-state index contributed by atoms with van der Waals surface area (Å²) in [5.41, 5.74) is 0.0275. The lowest BCUT2D eigenvalue weighted by Crippen LogP contribution is -2.52. The molecule has 1 aliphatic heterocycles. The molecule has 1 fully saturated rings. The maximum Gasteiger partial charge on any atom is 0.253 e. The van der Waals surface area contributed by atoms with Gasteiger partial charge in [0.15, 0.2) is 0 Å². The molecular formula is C11H10FN3O3. The maximum atomic E-state index is 12.9. The van der Waals surface area contributed by atoms with Gasteiger partial charge in [0.1, 0.15) is 11.9 Å². The van der Waals surface area contributed by atoms with Gasteiger partial charge in [-0.2, -0.15) is 0 Å². The molecule has 2 rings (SSSR count). The van der Waals surface area contributed by atoms with Gasteiger partial charge < -0.3 is 5.32 Å². The number of pyridine rings is 1. The fourth-order valence-corrected chi connectivity index (χ4v) is 1.61. The Hall–Kier alpha value is -2.31. The second kappa shape index (κ2) is 4.91. The summed E-state index contributed by atoms with van der Waals surface area (Å²) in [4.78, 5) is 37.6. The van der Waals surface area contributed by atoms with Gasteiger partial charge in [0.2, 0.25) is 11.8 Å². The van der Waals surface area contributed by atoms with Crippen molar-refractivity contribution in [2.75, 3.05) is 0 Å². The predicted molar refractivity (Wildman–Crippen MR) is 57.8 cm³/mol. The second-order valence-electron chi connectivity index (χ2n) is 3.87. The molecule has 2 N–H and O–H groups in total. The zero-order chi connectivity index (χ0) is 13.1. The molecule has 1 aromatic rings. The minimum absolute atomic E-state index is 0.0275. The van der Waals surface area contributed by atoms with Crippen LogP contribution in [0.3, 0.4) is 0 Å². The summed E-state index contributed by atoms with van der Waals surface area (Å²) in [5.74, 6) is -2.15. The quantitative estimate of drug-likeness (QED) is 0.710. The largest absolute Gasteiger partial charge is 0.340 e. The van der Waals surface area contributed by atoms with E-state index in [1.807, 2.05) is 0 Å². The molecule has 0 aromatic carbocycles. The number of amides is 3. The van der Waals surface area contributed by atoms with Crippen LogP contribution < -0.4 is 10.6 Å². The first kappa shape index (κ1) is 12.2. The number of hydrogen-bond donors (Lipinski definition) is 2. The Morgan fingerprint density at radius 3 is 2.89 bits per heavy atom. The van der Waals surface area contributed by atoms with Gasteiger partial charge in [-0.3, -0.25) is 24.7 Å². The average Bonchev–Trinajstić information content (AvgIpc) is 2.32. The third kappa shape index (κ3) is 2.68. The average molecular weight is 251 g/mol. The molecule has 3 amide bonds. The fourth-order valence-electron chi connectivity index (χ4n) is 1.61. The number of aromatic nitrogens is 1. The SMILES string of the molecule is O=C1CCC(NC(=O)c2cncc(F)c2)C(=O)N1. The number of hydrogen-bond acceptors (Lipinski definition) is 4. The maximum absolute atomic E-state index is 12.9. The van der Waals surface area contributed by atoms with Gasteiger partial charge >= 0.3 is 0 Å². The number of nitrogens with one attached hydrogen (secondary N) is 2. The van der Waals surface area contributed by atoms with Crippen LogP contribution >= 0.6 is 0 Å². The molecule has 1 unspecified atom stereocenters. The molecular weight excluding hydrogens is 241 g/mol. The van der Waals surface area contributed by atoms with Gasteiger partial charge in [0.25, 0.3) is 5.91 Å². The molecule has 0 bridgehead atoms. The number of carbonyl (C=O) groups excluding carboxylic acids is 3. The number of imide groups is 1. The van der Waals surface area contributed by atoms with Crippen molar-refractivity contribution >= 4 is 17.7 Å². The van der Waals surface area contributed by atoms with E-state index in [0.29, 0.717) is 0 Å². The fraction of sp³-hybridized carbons (Fsp3) is 0.273. The molecule has 0 aliphatic carbocycles. The minimum atomic E-state index is -0.779. The van der Waals surface area contributed by atoms with Crippen molar-refractivity contribution in [2.24, 2.45) is 0 Å². The van der Waals surface area contributed by atoms with Crippen molar-refractivity contribution in [1.82, 2.24) is 15.6 Å². The molecule has 0 spiro atoms. The first-order valence-corrected chi connectivity index (χ1v) is 5.31. The second-order valence-corrected chi connectivity index (χ2v) is 3.87. The zero-order valence-electron chi connectivity index (χ0n) is 9.27. The van der Waals surface area contributed by atoms with Crippen LogP contribution in [0.2, 0.25) is 0 Å². The first-order chi connectivity index (χ1) is 8.56. The van der Waals surface area contributed by atoms with Crippen LogP contribution in [0.4, 0.5) is 4.39 Å². The Morgan fingerprint density at radius 1 is 1.44 bits per heavy atom. The standard InChI is InChI=1S/C11H10FN3O3/c12-7-3-6(4-13-5-7)10(17)14-8-1-2-9(16)15-11(8)18/h3-5,8H,1-2H2,(H,14,17)(H,15,16,18). The Morgan fingerprint density at radius 2 is 2.22 bits per heavy atom. The van der Waals surface area contributed by atoms with E-state index < -0.39 is 23.7 Å². The van der Waals surface area contributed by atoms with Crippen molar-refractivity contribution in [1.29, 1.82) is 0 Å². The smallest absolute Gasteiger partial charge is 0.253 e. The van der Waals surface area contributed by atoms with Gasteiger partial charge in [0, 0.05) is 12.6 Å². The number of halogens is 1. The van der Waals surface area contributed by atoms with E-state index in [1.54, 1.807) is 0 Å². The highest BCUT2D eigenvalue weighted by molar-refractivity contribution is 6.03. The molecule has 1 saturated heterocycles. The Bertz CT molecular complexity index is 518. The highest BCUT2D eigenvalue weighted by Crippen LogP contribution is 2.06. The van der Waals surface area contributed by atoms with Crippen molar-refractivity contribution in [3.8, 4) is 0 Å². The van der Waals surface area contributed by atoms with Crippen molar-refractivity contribution < 1.29 is 18.8 Å². The Labute approximate surface area is 102 Å². The van der Waals surface area contributed by atoms with E-state index in [0.717, 1.165) is 12.3 Å². The summed E-state index contributed by atoms with van der Waals surface area (Å²) in [5, 5.41) is 4.54. The van der Waals surface area contributed by atoms with E-state index in [-0.39, 0.29) is 24.3 Å². The Kier molecular flexibility index (Phi) is 3.31. The third-order valence-electron chi connectivity index (χ3n) is 2.51. The van der Waals surface area contributed by atoms with Crippen LogP contribution in [0.1, 0.15) is 23.2 Å². The lowest BCUT2D eigenvalue weighted by molar-refractivity contribution is -0.134. The number of piperidine rings is 1. The number of carbonyl (C=O) groups is 3. The minimum Gasteiger partial charge on any atom is -0.340 e. The molecule has 94 valence electrons. The lowest BCUT2D eigenvalue weighted by Gasteiger charge is -2.21. The van der Waals surface area contributed by atoms with Crippen LogP contribution in [-0.4, -0.2) is 28.7 Å². The van der Waals surface area contributed by atoms with Crippen LogP contribution in [-0.2, 0) is 9.59 Å². The highest BCUT2D eigenvalue weighted by Gasteiger charge is 2.28. The molecule has 7 heteroatoms. The van der Waals surface area contributed by atoms with Gasteiger partial charge in [0.05, 0.1) is 11.8 Å². The summed E-state index contributed by atoms with van der Waals surface area (Å²) < 4.78 is 12.9. The van der Waals surface area contributed by atoms with Crippen LogP contribution in [0.15, 0.2) is 18.5 Å². The summed E-state index contributed by atoms with van der Waals surface area (Å²) >= 11 is 0. The molecule has 1 aromatic heterocycles. The highest BCUT2D eigenvalue weighted by atomic mass is 19.1. The van der Waals surface area contributed by atoms with Crippen LogP contribution in [0.25, 0.3) is 0 Å². The van der Waals surface area contributed by atoms with Gasteiger partial charge in [-0.25, -0.2) is 4.39 Å². The lowest BCUT2D eigenvalue weighted by atomic mass is 10.1. The van der Waals surface area contributed by atoms with E-state index in [4.69, 9.17) is 0 Å². The molecule has 6 nitrogen and oxygen atoms in total. The van der Waals surface area contributed by atoms with E-state index in [9.17, 15) is 18.8 Å². The molecule has 0 saturated carbocycles. The third-order valence-corrected chi connectivity index (χ3v) is 2.51. The molecule has 1 atom stereocenters. The summed E-state index contributed by atoms with van der Waals surface area (Å²) in [6.45, 7) is 0. The summed E-state index contributed by atoms with van der Waals surface area (Å²) in [6.07, 6.45) is 2.57. The van der Waals surface area contributed by atoms with Crippen molar-refractivity contribution in [3.63, 3.8) is 0 Å². The molecule has 1 aliphatic rings. The van der Waals surface area contributed by atoms with Gasteiger partial charge in [-0.1, -0.05) is 0 Å². The van der Waals surface area contributed by atoms with Crippen molar-refractivity contribution in [3.05, 3.63) is 29.8 Å². The summed E-state index contributed by atoms with van der Waals surface area (Å²) in [7, 11) is 0. The first-order valence-electron chi connectivity index (χ1n) is 5.31.